The number of alkyl halides is 2. The van der Waals surface area contributed by atoms with Gasteiger partial charge in [-0.3, -0.25) is 4.72 Å². The summed E-state index contributed by atoms with van der Waals surface area (Å²) in [6, 6.07) is 7.10. The number of nitrogens with one attached hydrogen (secondary N) is 1. The van der Waals surface area contributed by atoms with E-state index in [1.54, 1.807) is 27.9 Å². The van der Waals surface area contributed by atoms with Gasteiger partial charge in [0.15, 0.2) is 5.82 Å². The van der Waals surface area contributed by atoms with E-state index in [9.17, 15) is 22.3 Å². The topological polar surface area (TPSA) is 129 Å². The van der Waals surface area contributed by atoms with Crippen molar-refractivity contribution in [3.05, 3.63) is 36.2 Å². The first-order chi connectivity index (χ1) is 20.0. The Balaban J connectivity index is 1.31. The molecule has 3 aliphatic rings. The van der Waals surface area contributed by atoms with Crippen LogP contribution in [0.5, 0.6) is 0 Å². The van der Waals surface area contributed by atoms with Gasteiger partial charge >= 0.3 is 0 Å². The van der Waals surface area contributed by atoms with Gasteiger partial charge in [0, 0.05) is 62.0 Å². The minimum atomic E-state index is -3.76. The molecule has 0 bridgehead atoms. The van der Waals surface area contributed by atoms with Gasteiger partial charge in [-0.15, -0.1) is 5.10 Å². The number of nitrogens with zero attached hydrogens (tertiary/aromatic N) is 7. The Morgan fingerprint density at radius 2 is 1.69 bits per heavy atom. The predicted octanol–water partition coefficient (Wildman–Crippen LogP) is 3.77. The molecule has 1 aliphatic carbocycles. The molecule has 1 aromatic carbocycles. The van der Waals surface area contributed by atoms with Crippen LogP contribution in [0.25, 0.3) is 17.1 Å². The smallest absolute Gasteiger partial charge is 0.251 e. The molecular weight excluding hydrogens is 566 g/mol. The first kappa shape index (κ1) is 28.7. The number of aromatic nitrogens is 5. The fraction of sp³-hybridized carbons (Fsp3) is 0.571. The Bertz CT molecular complexity index is 1560. The second-order valence-corrected chi connectivity index (χ2v) is 14.0. The number of benzene rings is 1. The number of hydrogen-bond donors (Lipinski definition) is 2. The van der Waals surface area contributed by atoms with Crippen molar-refractivity contribution in [2.75, 3.05) is 47.3 Å². The summed E-state index contributed by atoms with van der Waals surface area (Å²) < 4.78 is 56.9. The molecule has 1 unspecified atom stereocenters. The Hall–Kier alpha value is -3.39. The Kier molecular flexibility index (Phi) is 7.32. The van der Waals surface area contributed by atoms with Gasteiger partial charge in [0.25, 0.3) is 5.92 Å². The second kappa shape index (κ2) is 10.7. The lowest BCUT2D eigenvalue weighted by Gasteiger charge is -2.35. The number of rotatable bonds is 8. The second-order valence-electron chi connectivity index (χ2n) is 11.9. The summed E-state index contributed by atoms with van der Waals surface area (Å²) in [4.78, 5) is 13.1. The number of piperidine rings is 2. The molecule has 11 nitrogen and oxygen atoms in total. The average Bonchev–Trinajstić information content (AvgIpc) is 3.52. The number of aryl methyl sites for hydroxylation is 1. The van der Waals surface area contributed by atoms with Crippen molar-refractivity contribution in [2.45, 2.75) is 63.5 Å². The van der Waals surface area contributed by atoms with Gasteiger partial charge in [-0.1, -0.05) is 5.21 Å². The van der Waals surface area contributed by atoms with Crippen LogP contribution in [0.2, 0.25) is 0 Å². The van der Waals surface area contributed by atoms with Gasteiger partial charge in [0.1, 0.15) is 10.9 Å². The largest absolute Gasteiger partial charge is 0.395 e. The zero-order valence-electron chi connectivity index (χ0n) is 23.8. The molecule has 226 valence electrons. The van der Waals surface area contributed by atoms with Crippen LogP contribution in [0, 0.1) is 12.3 Å². The summed E-state index contributed by atoms with van der Waals surface area (Å²) in [6.45, 7) is 4.85. The summed E-state index contributed by atoms with van der Waals surface area (Å²) in [6.07, 6.45) is 5.99. The third-order valence-corrected chi connectivity index (χ3v) is 10.5. The molecule has 2 N–H and O–H groups in total. The third-order valence-electron chi connectivity index (χ3n) is 8.78. The molecule has 4 heterocycles. The van der Waals surface area contributed by atoms with E-state index >= 15 is 0 Å². The van der Waals surface area contributed by atoms with Crippen LogP contribution in [0.15, 0.2) is 30.5 Å². The predicted molar refractivity (Wildman–Crippen MR) is 156 cm³/mol. The van der Waals surface area contributed by atoms with E-state index in [0.717, 1.165) is 37.2 Å². The molecule has 0 radical (unpaired) electrons. The molecule has 0 amide bonds. The third kappa shape index (κ3) is 5.91. The maximum absolute atomic E-state index is 13.7. The van der Waals surface area contributed by atoms with Gasteiger partial charge in [-0.2, -0.15) is 4.98 Å². The molecule has 2 aliphatic heterocycles. The standard InChI is InChI=1S/C28H36F2N8O3S/c1-19-15-25(32-26(31-19)37-13-9-28(29,30)10-14-37)38-17-23(33-35-38)22-4-3-21(34-42(40,41)20(2)18-39)16-24(22)36-11-7-27(5-6-27)8-12-36/h3-4,15-17,20,34,39H,5-14,18H2,1-2H3. The number of halogens is 2. The van der Waals surface area contributed by atoms with Crippen molar-refractivity contribution in [3.8, 4) is 17.1 Å². The minimum Gasteiger partial charge on any atom is -0.395 e. The van der Waals surface area contributed by atoms with Crippen LogP contribution in [0.3, 0.4) is 0 Å². The Morgan fingerprint density at radius 1 is 1.00 bits per heavy atom. The molecule has 1 spiro atoms. The van der Waals surface area contributed by atoms with E-state index in [4.69, 9.17) is 0 Å². The van der Waals surface area contributed by atoms with Gasteiger partial charge < -0.3 is 14.9 Å². The van der Waals surface area contributed by atoms with E-state index in [1.807, 2.05) is 19.1 Å². The van der Waals surface area contributed by atoms with Crippen molar-refractivity contribution in [1.29, 1.82) is 0 Å². The molecule has 2 saturated heterocycles. The Labute approximate surface area is 244 Å². The number of sulfonamides is 1. The molecule has 6 rings (SSSR count). The van der Waals surface area contributed by atoms with E-state index in [0.29, 0.717) is 34.3 Å². The Morgan fingerprint density at radius 3 is 2.36 bits per heavy atom. The van der Waals surface area contributed by atoms with Crippen LogP contribution >= 0.6 is 0 Å². The maximum atomic E-state index is 13.7. The van der Waals surface area contributed by atoms with Crippen molar-refractivity contribution in [3.63, 3.8) is 0 Å². The molecule has 3 fully saturated rings. The minimum absolute atomic E-state index is 0.173. The summed E-state index contributed by atoms with van der Waals surface area (Å²) in [5.41, 5.74) is 3.80. The highest BCUT2D eigenvalue weighted by molar-refractivity contribution is 7.93. The normalized spacial score (nSPS) is 20.5. The highest BCUT2D eigenvalue weighted by atomic mass is 32.2. The van der Waals surface area contributed by atoms with Gasteiger partial charge in [-0.25, -0.2) is 26.9 Å². The quantitative estimate of drug-likeness (QED) is 0.396. The zero-order chi connectivity index (χ0) is 29.7. The SMILES string of the molecule is Cc1cc(-n2cc(-c3ccc(NS(=O)(=O)C(C)CO)cc3N3CCC4(CC3)CC4)nn2)nc(N2CCC(F)(F)CC2)n1. The van der Waals surface area contributed by atoms with E-state index in [-0.39, 0.29) is 25.9 Å². The first-order valence-electron chi connectivity index (χ1n) is 14.4. The molecule has 14 heteroatoms. The fourth-order valence-electron chi connectivity index (χ4n) is 5.66. The monoisotopic (exact) mass is 602 g/mol. The van der Waals surface area contributed by atoms with Crippen molar-refractivity contribution >= 4 is 27.3 Å². The molecular formula is C28H36F2N8O3S. The van der Waals surface area contributed by atoms with Crippen LogP contribution in [-0.4, -0.2) is 82.4 Å². The summed E-state index contributed by atoms with van der Waals surface area (Å²) in [5.74, 6) is -1.80. The van der Waals surface area contributed by atoms with Crippen LogP contribution < -0.4 is 14.5 Å². The molecule has 3 aromatic rings. The van der Waals surface area contributed by atoms with Crippen molar-refractivity contribution in [1.82, 2.24) is 25.0 Å². The number of aliphatic hydroxyl groups is 1. The fourth-order valence-corrected chi connectivity index (χ4v) is 6.52. The van der Waals surface area contributed by atoms with Crippen LogP contribution in [0.4, 0.5) is 26.1 Å². The summed E-state index contributed by atoms with van der Waals surface area (Å²) in [7, 11) is -3.76. The lowest BCUT2D eigenvalue weighted by atomic mass is 9.93. The number of aliphatic hydroxyl groups excluding tert-OH is 1. The van der Waals surface area contributed by atoms with Gasteiger partial charge in [0.2, 0.25) is 16.0 Å². The van der Waals surface area contributed by atoms with Gasteiger partial charge in [0.05, 0.1) is 18.5 Å². The van der Waals surface area contributed by atoms with Gasteiger partial charge in [-0.05, 0) is 63.1 Å². The lowest BCUT2D eigenvalue weighted by molar-refractivity contribution is -0.0222. The summed E-state index contributed by atoms with van der Waals surface area (Å²) in [5, 5.41) is 17.2. The molecule has 1 saturated carbocycles. The first-order valence-corrected chi connectivity index (χ1v) is 15.9. The molecule has 42 heavy (non-hydrogen) atoms. The van der Waals surface area contributed by atoms with Crippen molar-refractivity contribution < 1.29 is 22.3 Å². The van der Waals surface area contributed by atoms with E-state index in [2.05, 4.69) is 29.9 Å². The van der Waals surface area contributed by atoms with E-state index in [1.165, 1.54) is 19.8 Å². The van der Waals surface area contributed by atoms with Crippen LogP contribution in [-0.2, 0) is 10.0 Å². The molecule has 2 aromatic heterocycles. The zero-order valence-corrected chi connectivity index (χ0v) is 24.6. The molecule has 1 atom stereocenters. The number of hydrogen-bond acceptors (Lipinski definition) is 9. The lowest BCUT2D eigenvalue weighted by Crippen LogP contribution is -2.40. The highest BCUT2D eigenvalue weighted by Gasteiger charge is 2.44. The average molecular weight is 603 g/mol. The van der Waals surface area contributed by atoms with Crippen molar-refractivity contribution in [2.24, 2.45) is 5.41 Å². The summed E-state index contributed by atoms with van der Waals surface area (Å²) >= 11 is 0. The number of anilines is 3. The van der Waals surface area contributed by atoms with Crippen LogP contribution in [0.1, 0.15) is 51.1 Å². The van der Waals surface area contributed by atoms with E-state index < -0.39 is 27.8 Å². The maximum Gasteiger partial charge on any atom is 0.251 e. The highest BCUT2D eigenvalue weighted by Crippen LogP contribution is 2.54.